The highest BCUT2D eigenvalue weighted by atomic mass is 35.5. The van der Waals surface area contributed by atoms with Crippen molar-refractivity contribution in [3.8, 4) is 0 Å². The Bertz CT molecular complexity index is 545. The third kappa shape index (κ3) is 3.03. The first-order valence-corrected chi connectivity index (χ1v) is 6.24. The van der Waals surface area contributed by atoms with Crippen molar-refractivity contribution in [1.29, 1.82) is 0 Å². The van der Waals surface area contributed by atoms with E-state index >= 15 is 0 Å². The van der Waals surface area contributed by atoms with Crippen LogP contribution in [0.1, 0.15) is 6.92 Å². The standard InChI is InChI=1S/C12H12Cl2N4/c1-2-15-12-16-7-9(14)11(18-12)17-10-6-4-3-5-8(10)13/h3-7H,2H2,1H3,(H2,15,16,17,18). The van der Waals surface area contributed by atoms with Gasteiger partial charge in [-0.25, -0.2) is 4.98 Å². The molecule has 1 aromatic heterocycles. The maximum atomic E-state index is 6.06. The third-order valence-electron chi connectivity index (χ3n) is 2.21. The molecule has 0 radical (unpaired) electrons. The second kappa shape index (κ2) is 5.89. The van der Waals surface area contributed by atoms with Crippen molar-refractivity contribution in [1.82, 2.24) is 9.97 Å². The second-order valence-electron chi connectivity index (χ2n) is 3.53. The van der Waals surface area contributed by atoms with E-state index < -0.39 is 0 Å². The smallest absolute Gasteiger partial charge is 0.224 e. The number of halogens is 2. The van der Waals surface area contributed by atoms with E-state index in [4.69, 9.17) is 23.2 Å². The lowest BCUT2D eigenvalue weighted by molar-refractivity contribution is 1.09. The van der Waals surface area contributed by atoms with Crippen LogP contribution in [-0.2, 0) is 0 Å². The maximum Gasteiger partial charge on any atom is 0.224 e. The van der Waals surface area contributed by atoms with E-state index in [0.29, 0.717) is 21.8 Å². The molecule has 0 aliphatic rings. The molecule has 94 valence electrons. The summed E-state index contributed by atoms with van der Waals surface area (Å²) in [6.07, 6.45) is 1.55. The van der Waals surface area contributed by atoms with Gasteiger partial charge in [0.1, 0.15) is 5.02 Å². The van der Waals surface area contributed by atoms with E-state index in [1.807, 2.05) is 25.1 Å². The highest BCUT2D eigenvalue weighted by Crippen LogP contribution is 2.28. The summed E-state index contributed by atoms with van der Waals surface area (Å²) in [6.45, 7) is 2.71. The number of aromatic nitrogens is 2. The third-order valence-corrected chi connectivity index (χ3v) is 2.81. The molecule has 0 amide bonds. The lowest BCUT2D eigenvalue weighted by atomic mass is 10.3. The van der Waals surface area contributed by atoms with Crippen molar-refractivity contribution in [2.24, 2.45) is 0 Å². The van der Waals surface area contributed by atoms with Crippen molar-refractivity contribution in [2.45, 2.75) is 6.92 Å². The van der Waals surface area contributed by atoms with E-state index in [9.17, 15) is 0 Å². The molecule has 2 aromatic rings. The minimum absolute atomic E-state index is 0.441. The molecule has 0 unspecified atom stereocenters. The Balaban J connectivity index is 2.28. The molecule has 0 atom stereocenters. The zero-order chi connectivity index (χ0) is 13.0. The van der Waals surface area contributed by atoms with Gasteiger partial charge in [0.15, 0.2) is 5.82 Å². The summed E-state index contributed by atoms with van der Waals surface area (Å²) in [4.78, 5) is 8.34. The summed E-state index contributed by atoms with van der Waals surface area (Å²) in [5.74, 6) is 1.05. The van der Waals surface area contributed by atoms with Gasteiger partial charge in [0.05, 0.1) is 16.9 Å². The fourth-order valence-corrected chi connectivity index (χ4v) is 1.71. The molecule has 0 saturated heterocycles. The van der Waals surface area contributed by atoms with E-state index in [1.165, 1.54) is 0 Å². The Morgan fingerprint density at radius 2 is 1.94 bits per heavy atom. The van der Waals surface area contributed by atoms with Crippen LogP contribution >= 0.6 is 23.2 Å². The van der Waals surface area contributed by atoms with Crippen molar-refractivity contribution in [3.63, 3.8) is 0 Å². The van der Waals surface area contributed by atoms with Crippen LogP contribution in [0.25, 0.3) is 0 Å². The number of hydrogen-bond acceptors (Lipinski definition) is 4. The van der Waals surface area contributed by atoms with E-state index in [-0.39, 0.29) is 0 Å². The molecule has 2 rings (SSSR count). The second-order valence-corrected chi connectivity index (χ2v) is 4.34. The van der Waals surface area contributed by atoms with Gasteiger partial charge in [0.2, 0.25) is 5.95 Å². The first-order chi connectivity index (χ1) is 8.70. The SMILES string of the molecule is CCNc1ncc(Cl)c(Nc2ccccc2Cl)n1. The largest absolute Gasteiger partial charge is 0.354 e. The summed E-state index contributed by atoms with van der Waals surface area (Å²) in [6, 6.07) is 7.39. The number of nitrogens with zero attached hydrogens (tertiary/aromatic N) is 2. The number of hydrogen-bond donors (Lipinski definition) is 2. The number of rotatable bonds is 4. The Morgan fingerprint density at radius 1 is 1.17 bits per heavy atom. The molecule has 6 heteroatoms. The van der Waals surface area contributed by atoms with Crippen LogP contribution in [0.4, 0.5) is 17.5 Å². The Labute approximate surface area is 115 Å². The summed E-state index contributed by atoms with van der Waals surface area (Å²) in [7, 11) is 0. The quantitative estimate of drug-likeness (QED) is 0.891. The first-order valence-electron chi connectivity index (χ1n) is 5.48. The minimum atomic E-state index is 0.441. The molecule has 0 fully saturated rings. The van der Waals surface area contributed by atoms with Crippen LogP contribution in [0.3, 0.4) is 0 Å². The van der Waals surface area contributed by atoms with Gasteiger partial charge in [-0.1, -0.05) is 35.3 Å². The van der Waals surface area contributed by atoms with Gasteiger partial charge < -0.3 is 10.6 Å². The van der Waals surface area contributed by atoms with Crippen LogP contribution in [0.5, 0.6) is 0 Å². The molecular weight excluding hydrogens is 271 g/mol. The predicted octanol–water partition coefficient (Wildman–Crippen LogP) is 3.96. The van der Waals surface area contributed by atoms with Crippen LogP contribution in [-0.4, -0.2) is 16.5 Å². The molecule has 0 spiro atoms. The molecule has 1 aromatic carbocycles. The number of nitrogens with one attached hydrogen (secondary N) is 2. The van der Waals surface area contributed by atoms with Gasteiger partial charge in [-0.05, 0) is 19.1 Å². The molecule has 0 bridgehead atoms. The molecular formula is C12H12Cl2N4. The Kier molecular flexibility index (Phi) is 4.23. The van der Waals surface area contributed by atoms with Crippen molar-refractivity contribution in [2.75, 3.05) is 17.2 Å². The van der Waals surface area contributed by atoms with Gasteiger partial charge in [-0.15, -0.1) is 0 Å². The number of para-hydroxylation sites is 1. The Hall–Kier alpha value is -1.52. The van der Waals surface area contributed by atoms with Gasteiger partial charge in [0.25, 0.3) is 0 Å². The van der Waals surface area contributed by atoms with E-state index in [2.05, 4.69) is 20.6 Å². The lowest BCUT2D eigenvalue weighted by Gasteiger charge is -2.10. The average Bonchev–Trinajstić information content (AvgIpc) is 2.36. The summed E-state index contributed by atoms with van der Waals surface area (Å²) in [5.41, 5.74) is 0.752. The Morgan fingerprint density at radius 3 is 2.67 bits per heavy atom. The molecule has 4 nitrogen and oxygen atoms in total. The highest BCUT2D eigenvalue weighted by Gasteiger charge is 2.07. The topological polar surface area (TPSA) is 49.8 Å². The van der Waals surface area contributed by atoms with Gasteiger partial charge in [-0.3, -0.25) is 0 Å². The number of anilines is 3. The summed E-state index contributed by atoms with van der Waals surface area (Å²) < 4.78 is 0. The minimum Gasteiger partial charge on any atom is -0.354 e. The molecule has 0 aliphatic carbocycles. The molecule has 0 saturated carbocycles. The normalized spacial score (nSPS) is 10.2. The first kappa shape index (κ1) is 12.9. The van der Waals surface area contributed by atoms with Crippen molar-refractivity contribution in [3.05, 3.63) is 40.5 Å². The van der Waals surface area contributed by atoms with Gasteiger partial charge in [0, 0.05) is 6.54 Å². The van der Waals surface area contributed by atoms with Crippen LogP contribution in [0.15, 0.2) is 30.5 Å². The predicted molar refractivity (Wildman–Crippen MR) is 75.9 cm³/mol. The van der Waals surface area contributed by atoms with E-state index in [1.54, 1.807) is 12.3 Å². The maximum absolute atomic E-state index is 6.06. The fourth-order valence-electron chi connectivity index (χ4n) is 1.39. The molecule has 0 aliphatic heterocycles. The van der Waals surface area contributed by atoms with Gasteiger partial charge >= 0.3 is 0 Å². The zero-order valence-electron chi connectivity index (χ0n) is 9.74. The molecule has 2 N–H and O–H groups in total. The van der Waals surface area contributed by atoms with Crippen LogP contribution < -0.4 is 10.6 Å². The highest BCUT2D eigenvalue weighted by molar-refractivity contribution is 6.34. The summed E-state index contributed by atoms with van der Waals surface area (Å²) >= 11 is 12.1. The fraction of sp³-hybridized carbons (Fsp3) is 0.167. The monoisotopic (exact) mass is 282 g/mol. The number of benzene rings is 1. The van der Waals surface area contributed by atoms with Crippen LogP contribution in [0.2, 0.25) is 10.0 Å². The van der Waals surface area contributed by atoms with Crippen LogP contribution in [0, 0.1) is 0 Å². The lowest BCUT2D eigenvalue weighted by Crippen LogP contribution is -2.04. The molecule has 1 heterocycles. The van der Waals surface area contributed by atoms with E-state index in [0.717, 1.165) is 12.2 Å². The average molecular weight is 283 g/mol. The molecule has 18 heavy (non-hydrogen) atoms. The van der Waals surface area contributed by atoms with Crippen molar-refractivity contribution >= 4 is 40.7 Å². The van der Waals surface area contributed by atoms with Gasteiger partial charge in [-0.2, -0.15) is 4.98 Å². The summed E-state index contributed by atoms with van der Waals surface area (Å²) in [5, 5.41) is 7.16. The van der Waals surface area contributed by atoms with Crippen molar-refractivity contribution < 1.29 is 0 Å². The zero-order valence-corrected chi connectivity index (χ0v) is 11.3.